The predicted molar refractivity (Wildman–Crippen MR) is 70.0 cm³/mol. The number of anilines is 3. The van der Waals surface area contributed by atoms with E-state index in [1.807, 2.05) is 0 Å². The third-order valence-corrected chi connectivity index (χ3v) is 2.70. The van der Waals surface area contributed by atoms with E-state index in [1.165, 1.54) is 18.2 Å². The van der Waals surface area contributed by atoms with E-state index in [2.05, 4.69) is 10.4 Å². The topological polar surface area (TPSA) is 103 Å². The van der Waals surface area contributed by atoms with E-state index < -0.39 is 11.6 Å². The largest absolute Gasteiger partial charge is 0.395 e. The fourth-order valence-corrected chi connectivity index (χ4v) is 1.76. The fraction of sp³-hybridized carbons (Fsp3) is 0.0833. The van der Waals surface area contributed by atoms with Gasteiger partial charge in [-0.25, -0.2) is 19.6 Å². The first-order chi connectivity index (χ1) is 9.01. The number of halogens is 2. The van der Waals surface area contributed by atoms with Crippen LogP contribution in [0.25, 0.3) is 0 Å². The standard InChI is InChI=1S/C12H13F2N5/c13-8-2-1-6(9(14)5-8)3-7-4-10(15)18-12(19-17)11(7)16/h1-2,4-5H,3,16-17H2,(H3,15,18,19). The van der Waals surface area contributed by atoms with Crippen molar-refractivity contribution in [3.8, 4) is 0 Å². The molecule has 2 rings (SSSR count). The summed E-state index contributed by atoms with van der Waals surface area (Å²) in [4.78, 5) is 3.89. The number of hydrogen-bond acceptors (Lipinski definition) is 5. The van der Waals surface area contributed by atoms with Gasteiger partial charge in [-0.15, -0.1) is 0 Å². The molecule has 5 nitrogen and oxygen atoms in total. The van der Waals surface area contributed by atoms with E-state index in [4.69, 9.17) is 17.3 Å². The molecule has 1 aromatic heterocycles. The number of nitrogens with zero attached hydrogens (tertiary/aromatic N) is 1. The Kier molecular flexibility index (Phi) is 3.48. The predicted octanol–water partition coefficient (Wildman–Crippen LogP) is 1.40. The second kappa shape index (κ2) is 5.07. The monoisotopic (exact) mass is 265 g/mol. The molecule has 0 aliphatic rings. The highest BCUT2D eigenvalue weighted by Gasteiger charge is 2.11. The molecule has 100 valence electrons. The highest BCUT2D eigenvalue weighted by Crippen LogP contribution is 2.25. The van der Waals surface area contributed by atoms with Gasteiger partial charge in [-0.1, -0.05) is 6.07 Å². The molecule has 2 aromatic rings. The number of rotatable bonds is 3. The van der Waals surface area contributed by atoms with Gasteiger partial charge >= 0.3 is 0 Å². The van der Waals surface area contributed by atoms with Crippen LogP contribution in [0.2, 0.25) is 0 Å². The lowest BCUT2D eigenvalue weighted by Crippen LogP contribution is -2.13. The first kappa shape index (κ1) is 13.0. The zero-order valence-corrected chi connectivity index (χ0v) is 9.95. The molecule has 7 N–H and O–H groups in total. The van der Waals surface area contributed by atoms with Crippen LogP contribution in [-0.4, -0.2) is 4.98 Å². The van der Waals surface area contributed by atoms with Crippen LogP contribution in [0.5, 0.6) is 0 Å². The molecule has 0 saturated carbocycles. The number of pyridine rings is 1. The van der Waals surface area contributed by atoms with Crippen molar-refractivity contribution in [3.05, 3.63) is 47.0 Å². The van der Waals surface area contributed by atoms with Crippen LogP contribution in [0.1, 0.15) is 11.1 Å². The van der Waals surface area contributed by atoms with Gasteiger partial charge in [0.15, 0.2) is 5.82 Å². The van der Waals surface area contributed by atoms with Crippen molar-refractivity contribution < 1.29 is 8.78 Å². The van der Waals surface area contributed by atoms with Crippen LogP contribution in [0.3, 0.4) is 0 Å². The van der Waals surface area contributed by atoms with Gasteiger partial charge < -0.3 is 16.9 Å². The van der Waals surface area contributed by atoms with Crippen LogP contribution in [0.4, 0.5) is 26.1 Å². The molecule has 0 unspecified atom stereocenters. The van der Waals surface area contributed by atoms with Gasteiger partial charge in [0.05, 0.1) is 5.69 Å². The smallest absolute Gasteiger partial charge is 0.165 e. The number of nitrogens with one attached hydrogen (secondary N) is 1. The molecular formula is C12H13F2N5. The SMILES string of the molecule is NNc1nc(N)cc(Cc2ccc(F)cc2F)c1N. The Balaban J connectivity index is 2.40. The number of aromatic nitrogens is 1. The van der Waals surface area contributed by atoms with Gasteiger partial charge in [0, 0.05) is 12.5 Å². The summed E-state index contributed by atoms with van der Waals surface area (Å²) in [6.07, 6.45) is 0.166. The molecule has 0 spiro atoms. The minimum absolute atomic E-state index is 0.166. The van der Waals surface area contributed by atoms with Crippen molar-refractivity contribution in [2.45, 2.75) is 6.42 Å². The highest BCUT2D eigenvalue weighted by molar-refractivity contribution is 5.68. The first-order valence-electron chi connectivity index (χ1n) is 5.46. The summed E-state index contributed by atoms with van der Waals surface area (Å²) in [5.74, 6) is 4.41. The average molecular weight is 265 g/mol. The fourth-order valence-electron chi connectivity index (χ4n) is 1.76. The number of nitrogens with two attached hydrogens (primary N) is 3. The van der Waals surface area contributed by atoms with Crippen molar-refractivity contribution in [3.63, 3.8) is 0 Å². The Bertz CT molecular complexity index is 615. The third kappa shape index (κ3) is 2.71. The van der Waals surface area contributed by atoms with E-state index in [0.717, 1.165) is 6.07 Å². The zero-order chi connectivity index (χ0) is 14.0. The van der Waals surface area contributed by atoms with Gasteiger partial charge in [0.25, 0.3) is 0 Å². The van der Waals surface area contributed by atoms with E-state index in [-0.39, 0.29) is 23.7 Å². The van der Waals surface area contributed by atoms with Crippen LogP contribution in [0.15, 0.2) is 24.3 Å². The highest BCUT2D eigenvalue weighted by atomic mass is 19.1. The Labute approximate surface area is 108 Å². The summed E-state index contributed by atoms with van der Waals surface area (Å²) in [5.41, 5.74) is 14.9. The van der Waals surface area contributed by atoms with Crippen LogP contribution >= 0.6 is 0 Å². The molecule has 1 aromatic carbocycles. The second-order valence-corrected chi connectivity index (χ2v) is 4.03. The summed E-state index contributed by atoms with van der Waals surface area (Å²) in [6, 6.07) is 4.88. The van der Waals surface area contributed by atoms with E-state index in [9.17, 15) is 8.78 Å². The normalized spacial score (nSPS) is 10.5. The Hall–Kier alpha value is -2.41. The third-order valence-electron chi connectivity index (χ3n) is 2.70. The number of benzene rings is 1. The molecule has 0 aliphatic carbocycles. The van der Waals surface area contributed by atoms with Gasteiger partial charge in [-0.3, -0.25) is 0 Å². The Morgan fingerprint density at radius 1 is 1.11 bits per heavy atom. The van der Waals surface area contributed by atoms with Crippen LogP contribution in [0, 0.1) is 11.6 Å². The van der Waals surface area contributed by atoms with Crippen molar-refractivity contribution in [2.75, 3.05) is 16.9 Å². The quantitative estimate of drug-likeness (QED) is 0.496. The van der Waals surface area contributed by atoms with Gasteiger partial charge in [-0.2, -0.15) is 0 Å². The molecule has 0 amide bonds. The van der Waals surface area contributed by atoms with E-state index >= 15 is 0 Å². The van der Waals surface area contributed by atoms with Gasteiger partial charge in [0.1, 0.15) is 17.5 Å². The Morgan fingerprint density at radius 2 is 1.84 bits per heavy atom. The molecule has 1 heterocycles. The van der Waals surface area contributed by atoms with Crippen molar-refractivity contribution in [1.82, 2.24) is 4.98 Å². The number of hydrogen-bond donors (Lipinski definition) is 4. The maximum Gasteiger partial charge on any atom is 0.165 e. The van der Waals surface area contributed by atoms with Gasteiger partial charge in [-0.05, 0) is 23.3 Å². The molecule has 0 saturated heterocycles. The summed E-state index contributed by atoms with van der Waals surface area (Å²) < 4.78 is 26.4. The maximum absolute atomic E-state index is 13.6. The summed E-state index contributed by atoms with van der Waals surface area (Å²) in [6.45, 7) is 0. The lowest BCUT2D eigenvalue weighted by atomic mass is 10.0. The molecule has 0 radical (unpaired) electrons. The lowest BCUT2D eigenvalue weighted by Gasteiger charge is -2.11. The zero-order valence-electron chi connectivity index (χ0n) is 9.95. The average Bonchev–Trinajstić information content (AvgIpc) is 2.36. The van der Waals surface area contributed by atoms with Gasteiger partial charge in [0.2, 0.25) is 0 Å². The molecular weight excluding hydrogens is 252 g/mol. The summed E-state index contributed by atoms with van der Waals surface area (Å²) in [5, 5.41) is 0. The molecule has 0 bridgehead atoms. The van der Waals surface area contributed by atoms with Crippen LogP contribution in [-0.2, 0) is 6.42 Å². The van der Waals surface area contributed by atoms with Crippen molar-refractivity contribution in [1.29, 1.82) is 0 Å². The van der Waals surface area contributed by atoms with Crippen molar-refractivity contribution >= 4 is 17.3 Å². The van der Waals surface area contributed by atoms with E-state index in [1.54, 1.807) is 0 Å². The molecule has 7 heteroatoms. The van der Waals surface area contributed by atoms with E-state index in [0.29, 0.717) is 11.1 Å². The lowest BCUT2D eigenvalue weighted by molar-refractivity contribution is 0.574. The van der Waals surface area contributed by atoms with Crippen LogP contribution < -0.4 is 22.7 Å². The number of hydrazine groups is 1. The minimum atomic E-state index is -0.642. The minimum Gasteiger partial charge on any atom is -0.395 e. The number of nitrogen functional groups attached to an aromatic ring is 3. The molecule has 0 aliphatic heterocycles. The maximum atomic E-state index is 13.6. The summed E-state index contributed by atoms with van der Waals surface area (Å²) in [7, 11) is 0. The molecule has 0 fully saturated rings. The molecule has 19 heavy (non-hydrogen) atoms. The summed E-state index contributed by atoms with van der Waals surface area (Å²) >= 11 is 0. The molecule has 0 atom stereocenters. The first-order valence-corrected chi connectivity index (χ1v) is 5.46. The van der Waals surface area contributed by atoms with Crippen molar-refractivity contribution in [2.24, 2.45) is 5.84 Å². The second-order valence-electron chi connectivity index (χ2n) is 4.03. The Morgan fingerprint density at radius 3 is 2.47 bits per heavy atom.